The van der Waals surface area contributed by atoms with Crippen molar-refractivity contribution >= 4 is 38.9 Å². The van der Waals surface area contributed by atoms with E-state index in [2.05, 4.69) is 4.90 Å². The van der Waals surface area contributed by atoms with Crippen LogP contribution in [0.15, 0.2) is 47.4 Å². The molecule has 28 heavy (non-hydrogen) atoms. The number of nitrogens with zero attached hydrogens (tertiary/aromatic N) is 3. The van der Waals surface area contributed by atoms with Gasteiger partial charge >= 0.3 is 0 Å². The Bertz CT molecular complexity index is 959. The summed E-state index contributed by atoms with van der Waals surface area (Å²) in [7, 11) is -3.61. The third-order valence-corrected chi connectivity index (χ3v) is 7.36. The SMILES string of the molecule is O=[N+]([O-])c1ccc(CCN2CCN(S(=O)(=O)c3ccc(Cl)c(Cl)c3)CC2)cc1. The summed E-state index contributed by atoms with van der Waals surface area (Å²) in [5.74, 6) is 0. The molecule has 2 aromatic carbocycles. The lowest BCUT2D eigenvalue weighted by Gasteiger charge is -2.34. The highest BCUT2D eigenvalue weighted by molar-refractivity contribution is 7.89. The number of halogens is 2. The Balaban J connectivity index is 1.55. The van der Waals surface area contributed by atoms with Gasteiger partial charge in [0, 0.05) is 44.9 Å². The third-order valence-electron chi connectivity index (χ3n) is 4.72. The highest BCUT2D eigenvalue weighted by Crippen LogP contribution is 2.27. The first-order valence-electron chi connectivity index (χ1n) is 8.68. The highest BCUT2D eigenvalue weighted by Gasteiger charge is 2.28. The Morgan fingerprint density at radius 2 is 1.61 bits per heavy atom. The maximum absolute atomic E-state index is 12.8. The molecule has 150 valence electrons. The second-order valence-corrected chi connectivity index (χ2v) is 9.25. The van der Waals surface area contributed by atoms with Crippen LogP contribution in [0.1, 0.15) is 5.56 Å². The van der Waals surface area contributed by atoms with Crippen LogP contribution in [0.25, 0.3) is 0 Å². The molecule has 10 heteroatoms. The van der Waals surface area contributed by atoms with Gasteiger partial charge in [0.15, 0.2) is 0 Å². The van der Waals surface area contributed by atoms with E-state index in [4.69, 9.17) is 23.2 Å². The molecule has 1 aliphatic rings. The van der Waals surface area contributed by atoms with Gasteiger partial charge in [-0.1, -0.05) is 35.3 Å². The van der Waals surface area contributed by atoms with E-state index in [1.165, 1.54) is 34.6 Å². The number of hydrogen-bond donors (Lipinski definition) is 0. The zero-order valence-corrected chi connectivity index (χ0v) is 17.3. The minimum Gasteiger partial charge on any atom is -0.300 e. The van der Waals surface area contributed by atoms with Crippen molar-refractivity contribution in [2.45, 2.75) is 11.3 Å². The van der Waals surface area contributed by atoms with Gasteiger partial charge in [-0.25, -0.2) is 8.42 Å². The molecule has 0 spiro atoms. The second-order valence-electron chi connectivity index (χ2n) is 6.50. The van der Waals surface area contributed by atoms with Crippen LogP contribution in [0, 0.1) is 10.1 Å². The van der Waals surface area contributed by atoms with Crippen molar-refractivity contribution in [3.05, 3.63) is 68.2 Å². The zero-order valence-electron chi connectivity index (χ0n) is 14.9. The standard InChI is InChI=1S/C18H19Cl2N3O4S/c19-17-6-5-16(13-18(17)20)28(26,27)22-11-9-21(10-12-22)8-7-14-1-3-15(4-2-14)23(24)25/h1-6,13H,7-12H2. The van der Waals surface area contributed by atoms with Crippen LogP contribution in [0.2, 0.25) is 10.0 Å². The lowest BCUT2D eigenvalue weighted by atomic mass is 10.1. The van der Waals surface area contributed by atoms with Gasteiger partial charge in [-0.05, 0) is 30.2 Å². The van der Waals surface area contributed by atoms with E-state index in [0.29, 0.717) is 31.2 Å². The molecule has 2 aromatic rings. The Morgan fingerprint density at radius 3 is 2.18 bits per heavy atom. The first-order chi connectivity index (χ1) is 13.3. The van der Waals surface area contributed by atoms with Gasteiger partial charge in [0.25, 0.3) is 5.69 Å². The van der Waals surface area contributed by atoms with Crippen LogP contribution in [-0.4, -0.2) is 55.3 Å². The lowest BCUT2D eigenvalue weighted by Crippen LogP contribution is -2.49. The molecule has 1 saturated heterocycles. The fourth-order valence-corrected chi connectivity index (χ4v) is 4.86. The van der Waals surface area contributed by atoms with Crippen LogP contribution in [0.4, 0.5) is 5.69 Å². The first-order valence-corrected chi connectivity index (χ1v) is 10.9. The second kappa shape index (κ2) is 8.75. The molecular formula is C18H19Cl2N3O4S. The Morgan fingerprint density at radius 1 is 0.964 bits per heavy atom. The van der Waals surface area contributed by atoms with Gasteiger partial charge < -0.3 is 4.90 Å². The summed E-state index contributed by atoms with van der Waals surface area (Å²) in [5, 5.41) is 11.2. The minimum absolute atomic E-state index is 0.0740. The number of non-ortho nitro benzene ring substituents is 1. The number of piperazine rings is 1. The normalized spacial score (nSPS) is 16.2. The van der Waals surface area contributed by atoms with Gasteiger partial charge in [0.05, 0.1) is 19.9 Å². The molecule has 7 nitrogen and oxygen atoms in total. The quantitative estimate of drug-likeness (QED) is 0.504. The average Bonchev–Trinajstić information content (AvgIpc) is 2.69. The number of nitro benzene ring substituents is 1. The summed E-state index contributed by atoms with van der Waals surface area (Å²) >= 11 is 11.8. The fourth-order valence-electron chi connectivity index (χ4n) is 3.05. The van der Waals surface area contributed by atoms with Crippen molar-refractivity contribution in [3.63, 3.8) is 0 Å². The summed E-state index contributed by atoms with van der Waals surface area (Å²) in [5.41, 5.74) is 1.08. The van der Waals surface area contributed by atoms with Crippen molar-refractivity contribution in [2.75, 3.05) is 32.7 Å². The molecular weight excluding hydrogens is 425 g/mol. The molecule has 0 bridgehead atoms. The Labute approximate surface area is 173 Å². The van der Waals surface area contributed by atoms with E-state index >= 15 is 0 Å². The summed E-state index contributed by atoms with van der Waals surface area (Å²) in [4.78, 5) is 12.6. The highest BCUT2D eigenvalue weighted by atomic mass is 35.5. The lowest BCUT2D eigenvalue weighted by molar-refractivity contribution is -0.384. The van der Waals surface area contributed by atoms with Gasteiger partial charge in [0.2, 0.25) is 10.0 Å². The molecule has 1 aliphatic heterocycles. The predicted octanol–water partition coefficient (Wildman–Crippen LogP) is 3.45. The monoisotopic (exact) mass is 443 g/mol. The maximum atomic E-state index is 12.8. The van der Waals surface area contributed by atoms with Crippen molar-refractivity contribution in [1.82, 2.24) is 9.21 Å². The Kier molecular flexibility index (Phi) is 6.57. The molecule has 0 unspecified atom stereocenters. The first kappa shape index (κ1) is 21.0. The minimum atomic E-state index is -3.61. The molecule has 3 rings (SSSR count). The topological polar surface area (TPSA) is 83.8 Å². The number of nitro groups is 1. The van der Waals surface area contributed by atoms with E-state index in [9.17, 15) is 18.5 Å². The van der Waals surface area contributed by atoms with Crippen molar-refractivity contribution in [3.8, 4) is 0 Å². The third kappa shape index (κ3) is 4.82. The number of hydrogen-bond acceptors (Lipinski definition) is 5. The maximum Gasteiger partial charge on any atom is 0.269 e. The fraction of sp³-hybridized carbons (Fsp3) is 0.333. The molecule has 0 aromatic heterocycles. The summed E-state index contributed by atoms with van der Waals surface area (Å²) in [6.07, 6.45) is 0.748. The van der Waals surface area contributed by atoms with E-state index in [1.54, 1.807) is 12.1 Å². The van der Waals surface area contributed by atoms with Crippen LogP contribution >= 0.6 is 23.2 Å². The van der Waals surface area contributed by atoms with Gasteiger partial charge in [-0.3, -0.25) is 10.1 Å². The predicted molar refractivity (Wildman–Crippen MR) is 108 cm³/mol. The van der Waals surface area contributed by atoms with Gasteiger partial charge in [-0.2, -0.15) is 4.31 Å². The summed E-state index contributed by atoms with van der Waals surface area (Å²) in [6.45, 7) is 2.78. The Hall–Kier alpha value is -1.71. The summed E-state index contributed by atoms with van der Waals surface area (Å²) < 4.78 is 27.0. The largest absolute Gasteiger partial charge is 0.300 e. The van der Waals surface area contributed by atoms with Crippen molar-refractivity contribution < 1.29 is 13.3 Å². The smallest absolute Gasteiger partial charge is 0.269 e. The van der Waals surface area contributed by atoms with E-state index in [0.717, 1.165) is 18.5 Å². The molecule has 0 aliphatic carbocycles. The van der Waals surface area contributed by atoms with Crippen LogP contribution in [-0.2, 0) is 16.4 Å². The number of rotatable bonds is 6. The molecule has 0 N–H and O–H groups in total. The average molecular weight is 444 g/mol. The van der Waals surface area contributed by atoms with E-state index in [1.807, 2.05) is 0 Å². The van der Waals surface area contributed by atoms with Crippen molar-refractivity contribution in [1.29, 1.82) is 0 Å². The van der Waals surface area contributed by atoms with Crippen LogP contribution in [0.3, 0.4) is 0 Å². The molecule has 0 saturated carbocycles. The van der Waals surface area contributed by atoms with E-state index < -0.39 is 14.9 Å². The molecule has 0 amide bonds. The van der Waals surface area contributed by atoms with Gasteiger partial charge in [-0.15, -0.1) is 0 Å². The zero-order chi connectivity index (χ0) is 20.3. The van der Waals surface area contributed by atoms with Gasteiger partial charge in [0.1, 0.15) is 0 Å². The van der Waals surface area contributed by atoms with Crippen molar-refractivity contribution in [2.24, 2.45) is 0 Å². The molecule has 0 atom stereocenters. The number of benzene rings is 2. The molecule has 1 heterocycles. The molecule has 0 radical (unpaired) electrons. The molecule has 1 fully saturated rings. The van der Waals surface area contributed by atoms with Crippen LogP contribution in [0.5, 0.6) is 0 Å². The van der Waals surface area contributed by atoms with Crippen LogP contribution < -0.4 is 0 Å². The number of sulfonamides is 1. The summed E-state index contributed by atoms with van der Waals surface area (Å²) in [6, 6.07) is 10.8. The van der Waals surface area contributed by atoms with E-state index in [-0.39, 0.29) is 15.6 Å².